The van der Waals surface area contributed by atoms with Gasteiger partial charge in [0.2, 0.25) is 0 Å². The van der Waals surface area contributed by atoms with Gasteiger partial charge in [-0.2, -0.15) is 0 Å². The van der Waals surface area contributed by atoms with E-state index in [1.165, 1.54) is 5.39 Å². The zero-order valence-electron chi connectivity index (χ0n) is 9.82. The summed E-state index contributed by atoms with van der Waals surface area (Å²) in [6.07, 6.45) is 3.69. The molecule has 0 saturated carbocycles. The highest BCUT2D eigenvalue weighted by Crippen LogP contribution is 2.32. The molecular weight excluding hydrogens is 212 g/mol. The quantitative estimate of drug-likeness (QED) is 0.740. The molecule has 2 aromatic rings. The van der Waals surface area contributed by atoms with Crippen LogP contribution < -0.4 is 5.32 Å². The first-order chi connectivity index (χ1) is 8.36. The summed E-state index contributed by atoms with van der Waals surface area (Å²) in [5, 5.41) is 15.0. The van der Waals surface area contributed by atoms with E-state index in [4.69, 9.17) is 0 Å². The fraction of sp³-hybridized carbons (Fsp3) is 0.429. The lowest BCUT2D eigenvalue weighted by Crippen LogP contribution is -2.30. The molecule has 1 atom stereocenters. The average Bonchev–Trinajstić information content (AvgIpc) is 2.87. The van der Waals surface area contributed by atoms with Gasteiger partial charge in [0.15, 0.2) is 0 Å². The van der Waals surface area contributed by atoms with Gasteiger partial charge in [0.25, 0.3) is 0 Å². The number of H-pyrrole nitrogens is 1. The molecule has 0 radical (unpaired) electrons. The standard InChI is InChI=1S/C14H18N2O/c17-14(11-4-7-15-8-5-11)12-3-1-2-10-6-9-16-13(10)12/h1-3,6,9,11,14-17H,4-5,7-8H2/t14-/m1/s1. The number of para-hydroxylation sites is 1. The van der Waals surface area contributed by atoms with Gasteiger partial charge in [0, 0.05) is 11.8 Å². The number of piperidine rings is 1. The molecule has 1 aliphatic heterocycles. The molecule has 1 aromatic carbocycles. The van der Waals surface area contributed by atoms with E-state index in [1.54, 1.807) is 0 Å². The van der Waals surface area contributed by atoms with E-state index in [1.807, 2.05) is 24.4 Å². The molecule has 1 saturated heterocycles. The highest BCUT2D eigenvalue weighted by Gasteiger charge is 2.24. The van der Waals surface area contributed by atoms with Crippen molar-refractivity contribution in [3.8, 4) is 0 Å². The Morgan fingerprint density at radius 3 is 2.82 bits per heavy atom. The van der Waals surface area contributed by atoms with Gasteiger partial charge in [-0.05, 0) is 43.3 Å². The molecule has 0 bridgehead atoms. The minimum atomic E-state index is -0.348. The van der Waals surface area contributed by atoms with Crippen molar-refractivity contribution in [1.82, 2.24) is 10.3 Å². The summed E-state index contributed by atoms with van der Waals surface area (Å²) in [5.41, 5.74) is 2.12. The summed E-state index contributed by atoms with van der Waals surface area (Å²) in [5.74, 6) is 0.380. The fourth-order valence-corrected chi connectivity index (χ4v) is 2.77. The van der Waals surface area contributed by atoms with Crippen LogP contribution >= 0.6 is 0 Å². The van der Waals surface area contributed by atoms with Crippen LogP contribution in [0.15, 0.2) is 30.5 Å². The normalized spacial score (nSPS) is 19.6. The number of benzene rings is 1. The first-order valence-corrected chi connectivity index (χ1v) is 6.31. The number of aliphatic hydroxyl groups is 1. The number of nitrogens with one attached hydrogen (secondary N) is 2. The molecule has 3 rings (SSSR count). The Morgan fingerprint density at radius 2 is 2.00 bits per heavy atom. The smallest absolute Gasteiger partial charge is 0.0839 e. The largest absolute Gasteiger partial charge is 0.388 e. The van der Waals surface area contributed by atoms with Gasteiger partial charge in [-0.25, -0.2) is 0 Å². The molecule has 1 aromatic heterocycles. The summed E-state index contributed by atoms with van der Waals surface area (Å²) in [7, 11) is 0. The Bertz CT molecular complexity index is 500. The molecule has 90 valence electrons. The van der Waals surface area contributed by atoms with Crippen LogP contribution in [-0.4, -0.2) is 23.2 Å². The molecular formula is C14H18N2O. The van der Waals surface area contributed by atoms with Crippen LogP contribution in [0.2, 0.25) is 0 Å². The Hall–Kier alpha value is -1.32. The molecule has 0 spiro atoms. The van der Waals surface area contributed by atoms with Gasteiger partial charge >= 0.3 is 0 Å². The predicted molar refractivity (Wildman–Crippen MR) is 68.9 cm³/mol. The second-order valence-electron chi connectivity index (χ2n) is 4.82. The van der Waals surface area contributed by atoms with Gasteiger partial charge in [0.1, 0.15) is 0 Å². The highest BCUT2D eigenvalue weighted by molar-refractivity contribution is 5.82. The van der Waals surface area contributed by atoms with Crippen molar-refractivity contribution >= 4 is 10.9 Å². The molecule has 3 nitrogen and oxygen atoms in total. The number of hydrogen-bond donors (Lipinski definition) is 3. The van der Waals surface area contributed by atoms with Crippen LogP contribution in [0.3, 0.4) is 0 Å². The van der Waals surface area contributed by atoms with Crippen LogP contribution in [0.5, 0.6) is 0 Å². The van der Waals surface area contributed by atoms with Crippen molar-refractivity contribution in [3.05, 3.63) is 36.0 Å². The topological polar surface area (TPSA) is 48.0 Å². The Labute approximate surface area is 101 Å². The first-order valence-electron chi connectivity index (χ1n) is 6.31. The zero-order chi connectivity index (χ0) is 11.7. The van der Waals surface area contributed by atoms with Crippen LogP contribution in [0, 0.1) is 5.92 Å². The van der Waals surface area contributed by atoms with Gasteiger partial charge in [-0.3, -0.25) is 0 Å². The number of aliphatic hydroxyl groups excluding tert-OH is 1. The Balaban J connectivity index is 1.94. The molecule has 2 heterocycles. The van der Waals surface area contributed by atoms with E-state index in [2.05, 4.69) is 16.4 Å². The second kappa shape index (κ2) is 4.51. The summed E-state index contributed by atoms with van der Waals surface area (Å²) in [6, 6.07) is 8.18. The Kier molecular flexibility index (Phi) is 2.87. The van der Waals surface area contributed by atoms with Crippen molar-refractivity contribution in [3.63, 3.8) is 0 Å². The fourth-order valence-electron chi connectivity index (χ4n) is 2.77. The molecule has 0 unspecified atom stereocenters. The van der Waals surface area contributed by atoms with Crippen LogP contribution in [0.25, 0.3) is 10.9 Å². The number of aromatic amines is 1. The monoisotopic (exact) mass is 230 g/mol. The minimum Gasteiger partial charge on any atom is -0.388 e. The van der Waals surface area contributed by atoms with E-state index < -0.39 is 0 Å². The maximum atomic E-state index is 10.5. The number of aromatic nitrogens is 1. The van der Waals surface area contributed by atoms with Crippen molar-refractivity contribution in [2.75, 3.05) is 13.1 Å². The minimum absolute atomic E-state index is 0.348. The molecule has 1 fully saturated rings. The van der Waals surface area contributed by atoms with Gasteiger partial charge in [-0.15, -0.1) is 0 Å². The molecule has 0 amide bonds. The van der Waals surface area contributed by atoms with Crippen molar-refractivity contribution < 1.29 is 5.11 Å². The summed E-state index contributed by atoms with van der Waals surface area (Å²) in [6.45, 7) is 2.03. The first kappa shape index (κ1) is 10.8. The van der Waals surface area contributed by atoms with E-state index in [-0.39, 0.29) is 6.10 Å². The van der Waals surface area contributed by atoms with Crippen LogP contribution in [0.4, 0.5) is 0 Å². The molecule has 3 N–H and O–H groups in total. The maximum absolute atomic E-state index is 10.5. The van der Waals surface area contributed by atoms with E-state index in [0.29, 0.717) is 5.92 Å². The van der Waals surface area contributed by atoms with Crippen LogP contribution in [0.1, 0.15) is 24.5 Å². The third-order valence-electron chi connectivity index (χ3n) is 3.77. The lowest BCUT2D eigenvalue weighted by molar-refractivity contribution is 0.0900. The number of rotatable bonds is 2. The summed E-state index contributed by atoms with van der Waals surface area (Å²) in [4.78, 5) is 3.23. The molecule has 3 heteroatoms. The number of fused-ring (bicyclic) bond motifs is 1. The Morgan fingerprint density at radius 1 is 1.18 bits per heavy atom. The molecule has 17 heavy (non-hydrogen) atoms. The zero-order valence-corrected chi connectivity index (χ0v) is 9.82. The van der Waals surface area contributed by atoms with E-state index >= 15 is 0 Å². The third kappa shape index (κ3) is 1.96. The predicted octanol–water partition coefficient (Wildman–Crippen LogP) is 2.20. The van der Waals surface area contributed by atoms with Crippen molar-refractivity contribution in [2.24, 2.45) is 5.92 Å². The lowest BCUT2D eigenvalue weighted by atomic mass is 9.87. The molecule has 0 aliphatic carbocycles. The SMILES string of the molecule is O[C@@H](c1cccc2cc[nH]c12)C1CCNCC1. The third-order valence-corrected chi connectivity index (χ3v) is 3.77. The van der Waals surface area contributed by atoms with Gasteiger partial charge in [-0.1, -0.05) is 18.2 Å². The maximum Gasteiger partial charge on any atom is 0.0839 e. The van der Waals surface area contributed by atoms with Crippen molar-refractivity contribution in [1.29, 1.82) is 0 Å². The van der Waals surface area contributed by atoms with Gasteiger partial charge < -0.3 is 15.4 Å². The van der Waals surface area contributed by atoms with Crippen molar-refractivity contribution in [2.45, 2.75) is 18.9 Å². The number of hydrogen-bond acceptors (Lipinski definition) is 2. The van der Waals surface area contributed by atoms with E-state index in [0.717, 1.165) is 37.0 Å². The van der Waals surface area contributed by atoms with Gasteiger partial charge in [0.05, 0.1) is 11.6 Å². The lowest BCUT2D eigenvalue weighted by Gasteiger charge is -2.27. The molecule has 1 aliphatic rings. The summed E-state index contributed by atoms with van der Waals surface area (Å²) >= 11 is 0. The van der Waals surface area contributed by atoms with Crippen LogP contribution in [-0.2, 0) is 0 Å². The average molecular weight is 230 g/mol. The highest BCUT2D eigenvalue weighted by atomic mass is 16.3. The van der Waals surface area contributed by atoms with E-state index in [9.17, 15) is 5.11 Å². The summed E-state index contributed by atoms with van der Waals surface area (Å²) < 4.78 is 0. The second-order valence-corrected chi connectivity index (χ2v) is 4.82.